The third-order valence-electron chi connectivity index (χ3n) is 2.78. The zero-order chi connectivity index (χ0) is 11.7. The van der Waals surface area contributed by atoms with Crippen molar-refractivity contribution in [2.75, 3.05) is 7.11 Å². The molecule has 1 heterocycles. The highest BCUT2D eigenvalue weighted by molar-refractivity contribution is 9.10. The maximum Gasteiger partial charge on any atom is 0.179 e. The van der Waals surface area contributed by atoms with Crippen LogP contribution < -0.4 is 4.74 Å². The van der Waals surface area contributed by atoms with E-state index in [0.29, 0.717) is 5.75 Å². The Morgan fingerprint density at radius 3 is 2.94 bits per heavy atom. The minimum Gasteiger partial charge on any atom is -0.496 e. The van der Waals surface area contributed by atoms with E-state index in [1.54, 1.807) is 18.9 Å². The number of ketones is 1. The Labute approximate surface area is 108 Å². The summed E-state index contributed by atoms with van der Waals surface area (Å²) in [4.78, 5) is 12.3. The quantitative estimate of drug-likeness (QED) is 0.834. The SMILES string of the molecule is CCC1SCc2c(Br)ccc(OC)c2C1=O. The van der Waals surface area contributed by atoms with Crippen LogP contribution in [0.5, 0.6) is 5.75 Å². The number of carbonyl (C=O) groups is 1. The lowest BCUT2D eigenvalue weighted by atomic mass is 9.99. The molecule has 0 saturated heterocycles. The molecule has 86 valence electrons. The molecule has 0 saturated carbocycles. The lowest BCUT2D eigenvalue weighted by Gasteiger charge is -2.24. The van der Waals surface area contributed by atoms with E-state index >= 15 is 0 Å². The van der Waals surface area contributed by atoms with E-state index in [0.717, 1.165) is 27.8 Å². The van der Waals surface area contributed by atoms with Crippen LogP contribution >= 0.6 is 27.7 Å². The van der Waals surface area contributed by atoms with Gasteiger partial charge in [-0.1, -0.05) is 22.9 Å². The Morgan fingerprint density at radius 2 is 2.31 bits per heavy atom. The number of thioether (sulfide) groups is 1. The number of benzene rings is 1. The summed E-state index contributed by atoms with van der Waals surface area (Å²) in [7, 11) is 1.61. The largest absolute Gasteiger partial charge is 0.496 e. The molecule has 4 heteroatoms. The standard InChI is InChI=1S/C12H13BrO2S/c1-3-10-12(14)11-7(6-16-10)8(13)4-5-9(11)15-2/h4-5,10H,3,6H2,1-2H3. The molecular formula is C12H13BrO2S. The average Bonchev–Trinajstić information content (AvgIpc) is 2.31. The Morgan fingerprint density at radius 1 is 1.56 bits per heavy atom. The number of methoxy groups -OCH3 is 1. The van der Waals surface area contributed by atoms with Gasteiger partial charge in [-0.3, -0.25) is 4.79 Å². The maximum absolute atomic E-state index is 12.3. The fourth-order valence-electron chi connectivity index (χ4n) is 1.91. The average molecular weight is 301 g/mol. The first-order valence-electron chi connectivity index (χ1n) is 5.20. The Kier molecular flexibility index (Phi) is 3.60. The van der Waals surface area contributed by atoms with Crippen LogP contribution in [-0.2, 0) is 5.75 Å². The van der Waals surface area contributed by atoms with Crippen LogP contribution in [0.2, 0.25) is 0 Å². The molecule has 2 nitrogen and oxygen atoms in total. The molecule has 0 aromatic heterocycles. The summed E-state index contributed by atoms with van der Waals surface area (Å²) in [6.45, 7) is 2.05. The van der Waals surface area contributed by atoms with Gasteiger partial charge in [-0.2, -0.15) is 0 Å². The smallest absolute Gasteiger partial charge is 0.179 e. The summed E-state index contributed by atoms with van der Waals surface area (Å²) >= 11 is 5.21. The van der Waals surface area contributed by atoms with Crippen LogP contribution in [0.15, 0.2) is 16.6 Å². The molecule has 0 radical (unpaired) electrons. The van der Waals surface area contributed by atoms with Crippen molar-refractivity contribution in [1.82, 2.24) is 0 Å². The van der Waals surface area contributed by atoms with Crippen molar-refractivity contribution >= 4 is 33.5 Å². The van der Waals surface area contributed by atoms with Crippen molar-refractivity contribution in [2.24, 2.45) is 0 Å². The molecule has 1 aromatic carbocycles. The Hall–Kier alpha value is -0.480. The minimum atomic E-state index is 0.0794. The molecule has 0 spiro atoms. The second kappa shape index (κ2) is 4.80. The number of ether oxygens (including phenoxy) is 1. The van der Waals surface area contributed by atoms with E-state index in [9.17, 15) is 4.79 Å². The molecule has 0 bridgehead atoms. The van der Waals surface area contributed by atoms with Crippen LogP contribution in [0.4, 0.5) is 0 Å². The van der Waals surface area contributed by atoms with Gasteiger partial charge in [-0.15, -0.1) is 11.8 Å². The van der Waals surface area contributed by atoms with Gasteiger partial charge < -0.3 is 4.74 Å². The van der Waals surface area contributed by atoms with E-state index in [1.807, 2.05) is 19.1 Å². The van der Waals surface area contributed by atoms with Crippen molar-refractivity contribution < 1.29 is 9.53 Å². The zero-order valence-electron chi connectivity index (χ0n) is 9.25. The normalized spacial score (nSPS) is 19.4. The molecule has 1 unspecified atom stereocenters. The zero-order valence-corrected chi connectivity index (χ0v) is 11.7. The topological polar surface area (TPSA) is 26.3 Å². The van der Waals surface area contributed by atoms with Crippen LogP contribution in [0.25, 0.3) is 0 Å². The maximum atomic E-state index is 12.3. The number of carbonyl (C=O) groups excluding carboxylic acids is 1. The van der Waals surface area contributed by atoms with Crippen molar-refractivity contribution in [2.45, 2.75) is 24.3 Å². The van der Waals surface area contributed by atoms with Gasteiger partial charge in [0.25, 0.3) is 0 Å². The molecule has 0 aliphatic carbocycles. The fourth-order valence-corrected chi connectivity index (χ4v) is 3.73. The molecule has 0 fully saturated rings. The minimum absolute atomic E-state index is 0.0794. The van der Waals surface area contributed by atoms with Gasteiger partial charge in [0.15, 0.2) is 5.78 Å². The van der Waals surface area contributed by atoms with Crippen molar-refractivity contribution in [3.63, 3.8) is 0 Å². The number of hydrogen-bond donors (Lipinski definition) is 0. The highest BCUT2D eigenvalue weighted by Gasteiger charge is 2.30. The van der Waals surface area contributed by atoms with Gasteiger partial charge in [0.05, 0.1) is 17.9 Å². The Balaban J connectivity index is 2.56. The van der Waals surface area contributed by atoms with Crippen molar-refractivity contribution in [3.8, 4) is 5.75 Å². The number of Topliss-reactive ketones (excluding diaryl/α,β-unsaturated/α-hetero) is 1. The van der Waals surface area contributed by atoms with E-state index in [4.69, 9.17) is 4.74 Å². The van der Waals surface area contributed by atoms with Crippen LogP contribution in [0.1, 0.15) is 29.3 Å². The first-order valence-corrected chi connectivity index (χ1v) is 7.04. The summed E-state index contributed by atoms with van der Waals surface area (Å²) in [5.41, 5.74) is 1.83. The molecule has 0 N–H and O–H groups in total. The van der Waals surface area contributed by atoms with E-state index in [-0.39, 0.29) is 11.0 Å². The highest BCUT2D eigenvalue weighted by atomic mass is 79.9. The number of halogens is 1. The van der Waals surface area contributed by atoms with E-state index in [2.05, 4.69) is 15.9 Å². The first-order chi connectivity index (χ1) is 7.69. The molecular weight excluding hydrogens is 288 g/mol. The van der Waals surface area contributed by atoms with Crippen LogP contribution in [0.3, 0.4) is 0 Å². The predicted molar refractivity (Wildman–Crippen MR) is 70.4 cm³/mol. The van der Waals surface area contributed by atoms with Crippen LogP contribution in [0, 0.1) is 0 Å². The van der Waals surface area contributed by atoms with Gasteiger partial charge in [-0.05, 0) is 24.1 Å². The van der Waals surface area contributed by atoms with Gasteiger partial charge in [0, 0.05) is 10.2 Å². The molecule has 0 amide bonds. The summed E-state index contributed by atoms with van der Waals surface area (Å²) in [5.74, 6) is 1.77. The van der Waals surface area contributed by atoms with E-state index in [1.165, 1.54) is 0 Å². The third kappa shape index (κ3) is 1.89. The third-order valence-corrected chi connectivity index (χ3v) is 4.92. The molecule has 1 aliphatic heterocycles. The molecule has 1 aliphatic rings. The van der Waals surface area contributed by atoms with Gasteiger partial charge >= 0.3 is 0 Å². The van der Waals surface area contributed by atoms with Crippen LogP contribution in [-0.4, -0.2) is 18.1 Å². The highest BCUT2D eigenvalue weighted by Crippen LogP contribution is 2.39. The number of rotatable bonds is 2. The Bertz CT molecular complexity index is 431. The van der Waals surface area contributed by atoms with Crippen molar-refractivity contribution in [1.29, 1.82) is 0 Å². The second-order valence-electron chi connectivity index (χ2n) is 3.68. The summed E-state index contributed by atoms with van der Waals surface area (Å²) in [5, 5.41) is 0.0794. The van der Waals surface area contributed by atoms with Gasteiger partial charge in [0.1, 0.15) is 5.75 Å². The monoisotopic (exact) mass is 300 g/mol. The lowest BCUT2D eigenvalue weighted by Crippen LogP contribution is -2.23. The summed E-state index contributed by atoms with van der Waals surface area (Å²) in [6, 6.07) is 3.79. The van der Waals surface area contributed by atoms with Crippen molar-refractivity contribution in [3.05, 3.63) is 27.7 Å². The number of hydrogen-bond acceptors (Lipinski definition) is 3. The van der Waals surface area contributed by atoms with Gasteiger partial charge in [0.2, 0.25) is 0 Å². The number of fused-ring (bicyclic) bond motifs is 1. The second-order valence-corrected chi connectivity index (χ2v) is 5.72. The fraction of sp³-hybridized carbons (Fsp3) is 0.417. The lowest BCUT2D eigenvalue weighted by molar-refractivity contribution is 0.0982. The molecule has 1 aromatic rings. The molecule has 2 rings (SSSR count). The van der Waals surface area contributed by atoms with E-state index < -0.39 is 0 Å². The predicted octanol–water partition coefficient (Wildman–Crippen LogP) is 3.67. The summed E-state index contributed by atoms with van der Waals surface area (Å²) in [6.07, 6.45) is 0.874. The molecule has 16 heavy (non-hydrogen) atoms. The first kappa shape index (κ1) is 12.0. The molecule has 1 atom stereocenters. The summed E-state index contributed by atoms with van der Waals surface area (Å²) < 4.78 is 6.28. The van der Waals surface area contributed by atoms with Gasteiger partial charge in [-0.25, -0.2) is 0 Å².